The highest BCUT2D eigenvalue weighted by Gasteiger charge is 2.18. The SMILES string of the molecule is C=C(/C=c1/c(NCc2cccc(C#N)c2C)nnc(C)/c1=C/C)N(C)C1CCCNC1. The molecule has 6 nitrogen and oxygen atoms in total. The van der Waals surface area contributed by atoms with E-state index in [1.54, 1.807) is 0 Å². The Morgan fingerprint density at radius 2 is 2.16 bits per heavy atom. The van der Waals surface area contributed by atoms with E-state index in [9.17, 15) is 5.26 Å². The van der Waals surface area contributed by atoms with E-state index in [2.05, 4.69) is 57.6 Å². The molecule has 1 aromatic heterocycles. The van der Waals surface area contributed by atoms with Crippen molar-refractivity contribution in [3.63, 3.8) is 0 Å². The lowest BCUT2D eigenvalue weighted by molar-refractivity contribution is 0.259. The smallest absolute Gasteiger partial charge is 0.156 e. The predicted octanol–water partition coefficient (Wildman–Crippen LogP) is 2.36. The van der Waals surface area contributed by atoms with Gasteiger partial charge in [-0.15, -0.1) is 5.10 Å². The Labute approximate surface area is 185 Å². The molecule has 2 N–H and O–H groups in total. The normalized spacial score (nSPS) is 17.3. The quantitative estimate of drug-likeness (QED) is 0.753. The summed E-state index contributed by atoms with van der Waals surface area (Å²) in [5, 5.41) is 27.1. The van der Waals surface area contributed by atoms with E-state index in [-0.39, 0.29) is 0 Å². The first-order valence-electron chi connectivity index (χ1n) is 10.8. The van der Waals surface area contributed by atoms with Crippen molar-refractivity contribution in [3.05, 3.63) is 63.3 Å². The molecule has 0 bridgehead atoms. The Balaban J connectivity index is 1.94. The molecule has 3 rings (SSSR count). The molecule has 1 saturated heterocycles. The zero-order chi connectivity index (χ0) is 22.4. The van der Waals surface area contributed by atoms with Gasteiger partial charge in [-0.05, 0) is 63.4 Å². The van der Waals surface area contributed by atoms with E-state index in [0.717, 1.165) is 58.3 Å². The molecule has 1 aliphatic rings. The van der Waals surface area contributed by atoms with E-state index in [4.69, 9.17) is 0 Å². The number of benzene rings is 1. The van der Waals surface area contributed by atoms with E-state index in [1.165, 1.54) is 6.42 Å². The molecule has 1 fully saturated rings. The molecule has 0 aliphatic carbocycles. The van der Waals surface area contributed by atoms with Crippen molar-refractivity contribution in [3.8, 4) is 6.07 Å². The van der Waals surface area contributed by atoms with Crippen molar-refractivity contribution in [1.82, 2.24) is 20.4 Å². The third-order valence-electron chi connectivity index (χ3n) is 6.12. The fourth-order valence-corrected chi connectivity index (χ4v) is 4.04. The third-order valence-corrected chi connectivity index (χ3v) is 6.12. The molecule has 1 unspecified atom stereocenters. The first-order chi connectivity index (χ1) is 15.0. The zero-order valence-electron chi connectivity index (χ0n) is 19.0. The van der Waals surface area contributed by atoms with Crippen molar-refractivity contribution in [2.75, 3.05) is 25.5 Å². The summed E-state index contributed by atoms with van der Waals surface area (Å²) >= 11 is 0. The van der Waals surface area contributed by atoms with Gasteiger partial charge >= 0.3 is 0 Å². The summed E-state index contributed by atoms with van der Waals surface area (Å²) in [6.45, 7) is 12.9. The van der Waals surface area contributed by atoms with Crippen LogP contribution in [0.5, 0.6) is 0 Å². The molecule has 6 heteroatoms. The number of nitriles is 1. The fourth-order valence-electron chi connectivity index (χ4n) is 4.04. The van der Waals surface area contributed by atoms with Gasteiger partial charge in [0.1, 0.15) is 0 Å². The van der Waals surface area contributed by atoms with Gasteiger partial charge in [0, 0.05) is 42.3 Å². The molecule has 0 amide bonds. The van der Waals surface area contributed by atoms with Crippen LogP contribution in [-0.2, 0) is 6.54 Å². The van der Waals surface area contributed by atoms with Crippen LogP contribution in [-0.4, -0.2) is 41.3 Å². The maximum absolute atomic E-state index is 9.31. The van der Waals surface area contributed by atoms with Crippen molar-refractivity contribution in [1.29, 1.82) is 5.26 Å². The van der Waals surface area contributed by atoms with Gasteiger partial charge < -0.3 is 15.5 Å². The van der Waals surface area contributed by atoms with Gasteiger partial charge in [-0.3, -0.25) is 0 Å². The molecule has 1 atom stereocenters. The van der Waals surface area contributed by atoms with Crippen molar-refractivity contribution in [2.45, 2.75) is 46.2 Å². The zero-order valence-corrected chi connectivity index (χ0v) is 19.0. The second-order valence-corrected chi connectivity index (χ2v) is 8.05. The lowest BCUT2D eigenvalue weighted by Gasteiger charge is -2.33. The highest BCUT2D eigenvalue weighted by Crippen LogP contribution is 2.15. The van der Waals surface area contributed by atoms with Gasteiger partial charge in [0.15, 0.2) is 5.82 Å². The molecular weight excluding hydrogens is 384 g/mol. The van der Waals surface area contributed by atoms with E-state index in [0.29, 0.717) is 18.2 Å². The van der Waals surface area contributed by atoms with Gasteiger partial charge in [-0.25, -0.2) is 0 Å². The van der Waals surface area contributed by atoms with Crippen LogP contribution < -0.4 is 21.1 Å². The van der Waals surface area contributed by atoms with Crippen molar-refractivity contribution < 1.29 is 0 Å². The summed E-state index contributed by atoms with van der Waals surface area (Å²) in [7, 11) is 2.11. The summed E-state index contributed by atoms with van der Waals surface area (Å²) in [5.74, 6) is 0.719. The Kier molecular flexibility index (Phi) is 7.43. The van der Waals surface area contributed by atoms with Gasteiger partial charge in [0.05, 0.1) is 17.3 Å². The molecular formula is C25H32N6. The number of aromatic nitrogens is 2. The molecule has 1 aromatic carbocycles. The van der Waals surface area contributed by atoms with Gasteiger partial charge in [0.25, 0.3) is 0 Å². The molecule has 2 heterocycles. The van der Waals surface area contributed by atoms with Gasteiger partial charge in [-0.1, -0.05) is 24.8 Å². The number of likely N-dealkylation sites (N-methyl/N-ethyl adjacent to an activating group) is 1. The van der Waals surface area contributed by atoms with Crippen LogP contribution in [0.1, 0.15) is 42.1 Å². The number of hydrogen-bond acceptors (Lipinski definition) is 6. The molecule has 2 aromatic rings. The van der Waals surface area contributed by atoms with Crippen LogP contribution >= 0.6 is 0 Å². The maximum atomic E-state index is 9.31. The number of rotatable bonds is 6. The Bertz CT molecular complexity index is 1110. The lowest BCUT2D eigenvalue weighted by Crippen LogP contribution is -2.43. The van der Waals surface area contributed by atoms with Crippen molar-refractivity contribution in [2.24, 2.45) is 0 Å². The number of nitrogens with one attached hydrogen (secondary N) is 2. The van der Waals surface area contributed by atoms with Gasteiger partial charge in [0.2, 0.25) is 0 Å². The fraction of sp³-hybridized carbons (Fsp3) is 0.400. The average Bonchev–Trinajstić information content (AvgIpc) is 2.79. The summed E-state index contributed by atoms with van der Waals surface area (Å²) in [6, 6.07) is 8.48. The molecule has 0 saturated carbocycles. The molecule has 162 valence electrons. The Morgan fingerprint density at radius 3 is 2.84 bits per heavy atom. The van der Waals surface area contributed by atoms with Crippen LogP contribution in [0.3, 0.4) is 0 Å². The number of hydrogen-bond donors (Lipinski definition) is 2. The lowest BCUT2D eigenvalue weighted by atomic mass is 10.0. The molecule has 0 spiro atoms. The number of piperidine rings is 1. The minimum absolute atomic E-state index is 0.440. The second-order valence-electron chi connectivity index (χ2n) is 8.05. The molecule has 0 radical (unpaired) electrons. The minimum Gasteiger partial charge on any atom is -0.371 e. The van der Waals surface area contributed by atoms with Gasteiger partial charge in [-0.2, -0.15) is 10.4 Å². The van der Waals surface area contributed by atoms with Crippen LogP contribution in [0.25, 0.3) is 12.2 Å². The predicted molar refractivity (Wildman–Crippen MR) is 127 cm³/mol. The van der Waals surface area contributed by atoms with E-state index < -0.39 is 0 Å². The highest BCUT2D eigenvalue weighted by molar-refractivity contribution is 5.54. The number of aryl methyl sites for hydroxylation is 1. The summed E-state index contributed by atoms with van der Waals surface area (Å²) in [5.41, 5.74) is 4.59. The standard InChI is InChI=1S/C25H32N6/c1-6-23-19(4)29-30-25(28-15-21-10-7-9-20(14-26)18(21)3)24(23)13-17(2)31(5)22-11-8-12-27-16-22/h6-7,9-10,13,22,27H,2,8,11-12,15-16H2,1,3-5H3,(H,28,30)/b23-6-,24-13+. The summed E-state index contributed by atoms with van der Waals surface area (Å²) in [6.07, 6.45) is 6.51. The summed E-state index contributed by atoms with van der Waals surface area (Å²) < 4.78 is 0. The molecule has 31 heavy (non-hydrogen) atoms. The van der Waals surface area contributed by atoms with Crippen LogP contribution in [0, 0.1) is 25.2 Å². The van der Waals surface area contributed by atoms with Crippen LogP contribution in [0.2, 0.25) is 0 Å². The maximum Gasteiger partial charge on any atom is 0.156 e. The topological polar surface area (TPSA) is 76.9 Å². The first kappa shape index (κ1) is 22.5. The second kappa shape index (κ2) is 10.2. The summed E-state index contributed by atoms with van der Waals surface area (Å²) in [4.78, 5) is 2.26. The molecule has 1 aliphatic heterocycles. The van der Waals surface area contributed by atoms with Crippen LogP contribution in [0.15, 0.2) is 30.5 Å². The van der Waals surface area contributed by atoms with Crippen molar-refractivity contribution >= 4 is 18.0 Å². The monoisotopic (exact) mass is 416 g/mol. The Hall–Kier alpha value is -3.17. The Morgan fingerprint density at radius 1 is 1.35 bits per heavy atom. The van der Waals surface area contributed by atoms with E-state index >= 15 is 0 Å². The van der Waals surface area contributed by atoms with Crippen LogP contribution in [0.4, 0.5) is 5.82 Å². The minimum atomic E-state index is 0.440. The number of nitrogens with zero attached hydrogens (tertiary/aromatic N) is 4. The largest absolute Gasteiger partial charge is 0.371 e. The highest BCUT2D eigenvalue weighted by atomic mass is 15.2. The number of allylic oxidation sites excluding steroid dienone is 1. The third kappa shape index (κ3) is 5.12. The number of anilines is 1. The van der Waals surface area contributed by atoms with E-state index in [1.807, 2.05) is 39.0 Å². The average molecular weight is 417 g/mol. The first-order valence-corrected chi connectivity index (χ1v) is 10.8.